The number of hydrogen-bond acceptors (Lipinski definition) is 2. The number of hydrogen-bond donors (Lipinski definition) is 1. The molecule has 1 fully saturated rings. The summed E-state index contributed by atoms with van der Waals surface area (Å²) in [5, 5.41) is 3.70. The normalized spacial score (nSPS) is 18.6. The van der Waals surface area contributed by atoms with Gasteiger partial charge in [0, 0.05) is 11.3 Å². The summed E-state index contributed by atoms with van der Waals surface area (Å²) in [5.74, 6) is 0.971. The van der Waals surface area contributed by atoms with Crippen molar-refractivity contribution in [2.45, 2.75) is 57.1 Å². The van der Waals surface area contributed by atoms with E-state index in [4.69, 9.17) is 0 Å². The van der Waals surface area contributed by atoms with Gasteiger partial charge in [0.2, 0.25) is 0 Å². The third kappa shape index (κ3) is 3.99. The fourth-order valence-electron chi connectivity index (χ4n) is 2.58. The van der Waals surface area contributed by atoms with Crippen molar-refractivity contribution in [3.63, 3.8) is 0 Å². The highest BCUT2D eigenvalue weighted by Crippen LogP contribution is 2.30. The molecule has 0 atom stereocenters. The summed E-state index contributed by atoms with van der Waals surface area (Å²) < 4.78 is 0.485. The van der Waals surface area contributed by atoms with Crippen molar-refractivity contribution in [3.05, 3.63) is 0 Å². The average Bonchev–Trinajstić information content (AvgIpc) is 2.78. The van der Waals surface area contributed by atoms with Crippen LogP contribution in [0.25, 0.3) is 0 Å². The van der Waals surface area contributed by atoms with Gasteiger partial charge in [-0.05, 0) is 44.4 Å². The summed E-state index contributed by atoms with van der Waals surface area (Å²) in [6.45, 7) is 7.08. The lowest BCUT2D eigenvalue weighted by Crippen LogP contribution is -2.38. The second-order valence-corrected chi connectivity index (χ2v) is 6.15. The second-order valence-electron chi connectivity index (χ2n) is 4.88. The fourth-order valence-corrected chi connectivity index (χ4v) is 3.40. The van der Waals surface area contributed by atoms with Gasteiger partial charge in [0.1, 0.15) is 0 Å². The summed E-state index contributed by atoms with van der Waals surface area (Å²) in [6.07, 6.45) is 10.6. The Morgan fingerprint density at radius 1 is 1.20 bits per heavy atom. The quantitative estimate of drug-likeness (QED) is 0.714. The van der Waals surface area contributed by atoms with Crippen molar-refractivity contribution in [1.29, 1.82) is 0 Å². The molecule has 0 unspecified atom stereocenters. The molecule has 0 aromatic heterocycles. The highest BCUT2D eigenvalue weighted by Gasteiger charge is 2.24. The van der Waals surface area contributed by atoms with Gasteiger partial charge in [-0.15, -0.1) is 0 Å². The lowest BCUT2D eigenvalue weighted by molar-refractivity contribution is 0.439. The minimum atomic E-state index is 0.485. The number of nitrogens with one attached hydrogen (secondary N) is 1. The van der Waals surface area contributed by atoms with Crippen LogP contribution in [0.15, 0.2) is 0 Å². The van der Waals surface area contributed by atoms with E-state index in [2.05, 4.69) is 25.4 Å². The minimum Gasteiger partial charge on any atom is -0.315 e. The van der Waals surface area contributed by atoms with Gasteiger partial charge in [-0.3, -0.25) is 0 Å². The molecule has 0 aromatic rings. The highest BCUT2D eigenvalue weighted by atomic mass is 32.2. The Morgan fingerprint density at radius 3 is 2.27 bits per heavy atom. The van der Waals surface area contributed by atoms with Crippen LogP contribution >= 0.6 is 11.8 Å². The third-order valence-corrected chi connectivity index (χ3v) is 5.66. The molecule has 0 saturated heterocycles. The smallest absolute Gasteiger partial charge is 0.0276 e. The molecule has 1 saturated carbocycles. The number of thioether (sulfide) groups is 1. The van der Waals surface area contributed by atoms with Crippen LogP contribution < -0.4 is 5.32 Å². The average molecular weight is 229 g/mol. The lowest BCUT2D eigenvalue weighted by atomic mass is 10.0. The Labute approximate surface area is 99.8 Å². The molecule has 1 aliphatic rings. The van der Waals surface area contributed by atoms with Crippen molar-refractivity contribution in [2.75, 3.05) is 19.3 Å². The van der Waals surface area contributed by atoms with Crippen LogP contribution in [0.5, 0.6) is 0 Å². The van der Waals surface area contributed by atoms with Gasteiger partial charge < -0.3 is 5.32 Å². The molecule has 15 heavy (non-hydrogen) atoms. The Balaban J connectivity index is 2.21. The van der Waals surface area contributed by atoms with Crippen LogP contribution in [0.1, 0.15) is 52.4 Å². The maximum atomic E-state index is 3.70. The van der Waals surface area contributed by atoms with Gasteiger partial charge in [-0.1, -0.05) is 26.7 Å². The number of rotatable bonds is 7. The molecule has 2 heteroatoms. The predicted molar refractivity (Wildman–Crippen MR) is 71.7 cm³/mol. The standard InChI is InChI=1S/C13H27NS/c1-4-13(5-2,15-3)11-14-10-12-8-6-7-9-12/h12,14H,4-11H2,1-3H3. The molecule has 1 N–H and O–H groups in total. The summed E-state index contributed by atoms with van der Waals surface area (Å²) >= 11 is 2.04. The molecule has 0 spiro atoms. The van der Waals surface area contributed by atoms with Crippen molar-refractivity contribution < 1.29 is 0 Å². The van der Waals surface area contributed by atoms with Crippen LogP contribution in [0.4, 0.5) is 0 Å². The van der Waals surface area contributed by atoms with Gasteiger partial charge in [-0.2, -0.15) is 11.8 Å². The molecular formula is C13H27NS. The zero-order valence-electron chi connectivity index (χ0n) is 10.6. The zero-order valence-corrected chi connectivity index (χ0v) is 11.5. The van der Waals surface area contributed by atoms with E-state index in [1.807, 2.05) is 11.8 Å². The Hall–Kier alpha value is 0.310. The van der Waals surface area contributed by atoms with Crippen LogP contribution in [-0.4, -0.2) is 24.1 Å². The molecule has 0 radical (unpaired) electrons. The molecule has 0 aliphatic heterocycles. The van der Waals surface area contributed by atoms with E-state index in [1.54, 1.807) is 0 Å². The maximum absolute atomic E-state index is 3.70. The van der Waals surface area contributed by atoms with Crippen molar-refractivity contribution in [3.8, 4) is 0 Å². The maximum Gasteiger partial charge on any atom is 0.0276 e. The van der Waals surface area contributed by atoms with Crippen LogP contribution in [0, 0.1) is 5.92 Å². The zero-order chi connectivity index (χ0) is 11.1. The SMILES string of the molecule is CCC(CC)(CNCC1CCCC1)SC. The fraction of sp³-hybridized carbons (Fsp3) is 1.00. The van der Waals surface area contributed by atoms with Gasteiger partial charge in [0.05, 0.1) is 0 Å². The van der Waals surface area contributed by atoms with Crippen molar-refractivity contribution in [2.24, 2.45) is 5.92 Å². The molecule has 90 valence electrons. The summed E-state index contributed by atoms with van der Waals surface area (Å²) in [5.41, 5.74) is 0. The van der Waals surface area contributed by atoms with E-state index >= 15 is 0 Å². The molecule has 1 aliphatic carbocycles. The van der Waals surface area contributed by atoms with E-state index in [0.717, 1.165) is 5.92 Å². The predicted octanol–water partition coefficient (Wildman–Crippen LogP) is 3.69. The lowest BCUT2D eigenvalue weighted by Gasteiger charge is -2.30. The van der Waals surface area contributed by atoms with Gasteiger partial charge in [-0.25, -0.2) is 0 Å². The third-order valence-electron chi connectivity index (χ3n) is 4.08. The van der Waals surface area contributed by atoms with E-state index in [9.17, 15) is 0 Å². The first-order valence-corrected chi connectivity index (χ1v) is 7.74. The van der Waals surface area contributed by atoms with E-state index in [0.29, 0.717) is 4.75 Å². The first-order chi connectivity index (χ1) is 7.26. The van der Waals surface area contributed by atoms with Crippen molar-refractivity contribution in [1.82, 2.24) is 5.32 Å². The van der Waals surface area contributed by atoms with Crippen LogP contribution in [0.2, 0.25) is 0 Å². The Morgan fingerprint density at radius 2 is 1.80 bits per heavy atom. The molecular weight excluding hydrogens is 202 g/mol. The molecule has 1 rings (SSSR count). The highest BCUT2D eigenvalue weighted by molar-refractivity contribution is 8.00. The van der Waals surface area contributed by atoms with Crippen LogP contribution in [0.3, 0.4) is 0 Å². The molecule has 1 nitrogen and oxygen atoms in total. The second kappa shape index (κ2) is 6.80. The summed E-state index contributed by atoms with van der Waals surface area (Å²) in [7, 11) is 0. The van der Waals surface area contributed by atoms with E-state index in [-0.39, 0.29) is 0 Å². The summed E-state index contributed by atoms with van der Waals surface area (Å²) in [4.78, 5) is 0. The van der Waals surface area contributed by atoms with E-state index in [1.165, 1.54) is 51.6 Å². The molecule has 0 amide bonds. The first-order valence-electron chi connectivity index (χ1n) is 6.52. The minimum absolute atomic E-state index is 0.485. The Kier molecular flexibility index (Phi) is 6.06. The first kappa shape index (κ1) is 13.4. The summed E-state index contributed by atoms with van der Waals surface area (Å²) in [6, 6.07) is 0. The van der Waals surface area contributed by atoms with Crippen LogP contribution in [-0.2, 0) is 0 Å². The topological polar surface area (TPSA) is 12.0 Å². The molecule has 0 aromatic carbocycles. The largest absolute Gasteiger partial charge is 0.315 e. The van der Waals surface area contributed by atoms with Gasteiger partial charge in [0.25, 0.3) is 0 Å². The van der Waals surface area contributed by atoms with Gasteiger partial charge >= 0.3 is 0 Å². The molecule has 0 bridgehead atoms. The molecule has 0 heterocycles. The van der Waals surface area contributed by atoms with E-state index < -0.39 is 0 Å². The van der Waals surface area contributed by atoms with Crippen molar-refractivity contribution >= 4 is 11.8 Å². The van der Waals surface area contributed by atoms with Gasteiger partial charge in [0.15, 0.2) is 0 Å². The Bertz CT molecular complexity index is 152. The monoisotopic (exact) mass is 229 g/mol.